The Morgan fingerprint density at radius 2 is 1.59 bits per heavy atom. The van der Waals surface area contributed by atoms with Crippen LogP contribution in [-0.2, 0) is 28.2 Å². The Hall–Kier alpha value is -0.596. The highest BCUT2D eigenvalue weighted by molar-refractivity contribution is 8.18. The first-order valence-electron chi connectivity index (χ1n) is 13.6. The molecule has 1 heterocycles. The van der Waals surface area contributed by atoms with Crippen LogP contribution in [0.2, 0.25) is 31.2 Å². The van der Waals surface area contributed by atoms with Crippen molar-refractivity contribution in [1.29, 1.82) is 0 Å². The lowest BCUT2D eigenvalue weighted by atomic mass is 10.1. The molecule has 1 saturated heterocycles. The van der Waals surface area contributed by atoms with Gasteiger partial charge in [0.2, 0.25) is 0 Å². The molecule has 2 rings (SSSR count). The van der Waals surface area contributed by atoms with Crippen LogP contribution in [0.25, 0.3) is 0 Å². The SMILES string of the molecule is C=C(C(=O)OC)C(OC(CO[Si](C)(C)C(C)(C)C)C1(CC(OC)OC)SCCCS1)[Si](C)(C)c1ccccc1. The van der Waals surface area contributed by atoms with E-state index >= 15 is 0 Å². The van der Waals surface area contributed by atoms with Crippen molar-refractivity contribution in [3.05, 3.63) is 42.5 Å². The van der Waals surface area contributed by atoms with Gasteiger partial charge in [-0.3, -0.25) is 0 Å². The zero-order chi connectivity index (χ0) is 29.5. The molecule has 0 aromatic heterocycles. The van der Waals surface area contributed by atoms with Gasteiger partial charge in [0.05, 0.1) is 29.1 Å². The number of rotatable bonds is 14. The molecule has 1 fully saturated rings. The van der Waals surface area contributed by atoms with Gasteiger partial charge in [-0.05, 0) is 36.1 Å². The third-order valence-electron chi connectivity index (χ3n) is 8.09. The molecule has 0 aliphatic carbocycles. The fraction of sp³-hybridized carbons (Fsp3) is 0.690. The van der Waals surface area contributed by atoms with Crippen LogP contribution < -0.4 is 5.19 Å². The summed E-state index contributed by atoms with van der Waals surface area (Å²) in [6.07, 6.45) is 1.03. The zero-order valence-electron chi connectivity index (χ0n) is 25.6. The Balaban J connectivity index is 2.62. The Morgan fingerprint density at radius 3 is 2.08 bits per heavy atom. The van der Waals surface area contributed by atoms with E-state index in [9.17, 15) is 4.79 Å². The smallest absolute Gasteiger partial charge is 0.335 e. The molecule has 2 unspecified atom stereocenters. The molecule has 39 heavy (non-hydrogen) atoms. The molecule has 1 aromatic rings. The molecule has 1 aromatic carbocycles. The van der Waals surface area contributed by atoms with Gasteiger partial charge in [0.1, 0.15) is 14.2 Å². The van der Waals surface area contributed by atoms with E-state index in [0.717, 1.165) is 17.9 Å². The number of carbonyl (C=O) groups is 1. The van der Waals surface area contributed by atoms with E-state index in [1.807, 2.05) is 41.7 Å². The molecule has 0 bridgehead atoms. The lowest BCUT2D eigenvalue weighted by molar-refractivity contribution is -0.138. The molecule has 0 N–H and O–H groups in total. The minimum atomic E-state index is -2.43. The summed E-state index contributed by atoms with van der Waals surface area (Å²) in [4.78, 5) is 12.9. The maximum atomic E-state index is 12.9. The molecule has 1 aliphatic rings. The highest BCUT2D eigenvalue weighted by Crippen LogP contribution is 2.51. The number of methoxy groups -OCH3 is 3. The van der Waals surface area contributed by atoms with Crippen molar-refractivity contribution in [2.24, 2.45) is 0 Å². The Kier molecular flexibility index (Phi) is 12.9. The van der Waals surface area contributed by atoms with Crippen molar-refractivity contribution in [2.45, 2.75) is 87.0 Å². The molecule has 222 valence electrons. The molecule has 0 radical (unpaired) electrons. The first-order valence-corrected chi connectivity index (χ1v) is 21.6. The van der Waals surface area contributed by atoms with E-state index in [1.54, 1.807) is 14.2 Å². The van der Waals surface area contributed by atoms with Gasteiger partial charge in [0.25, 0.3) is 0 Å². The van der Waals surface area contributed by atoms with Gasteiger partial charge in [-0.25, -0.2) is 4.79 Å². The Morgan fingerprint density at radius 1 is 1.03 bits per heavy atom. The molecule has 10 heteroatoms. The zero-order valence-corrected chi connectivity index (χ0v) is 29.3. The molecule has 0 amide bonds. The van der Waals surface area contributed by atoms with Crippen LogP contribution in [0.1, 0.15) is 33.6 Å². The van der Waals surface area contributed by atoms with E-state index in [4.69, 9.17) is 23.4 Å². The van der Waals surface area contributed by atoms with Gasteiger partial charge >= 0.3 is 5.97 Å². The van der Waals surface area contributed by atoms with Crippen LogP contribution in [-0.4, -0.2) is 84.0 Å². The molecule has 6 nitrogen and oxygen atoms in total. The van der Waals surface area contributed by atoms with E-state index in [0.29, 0.717) is 18.6 Å². The normalized spacial score (nSPS) is 18.0. The summed E-state index contributed by atoms with van der Waals surface area (Å²) in [6.45, 7) is 20.4. The minimum absolute atomic E-state index is 0.0479. The van der Waals surface area contributed by atoms with Crippen LogP contribution in [0, 0.1) is 0 Å². The quantitative estimate of drug-likeness (QED) is 0.106. The Bertz CT molecular complexity index is 925. The topological polar surface area (TPSA) is 63.2 Å². The predicted molar refractivity (Wildman–Crippen MR) is 171 cm³/mol. The number of esters is 1. The number of benzene rings is 1. The summed E-state index contributed by atoms with van der Waals surface area (Å²) < 4.78 is 30.2. The lowest BCUT2D eigenvalue weighted by Gasteiger charge is -2.47. The predicted octanol–water partition coefficient (Wildman–Crippen LogP) is 6.22. The van der Waals surface area contributed by atoms with Gasteiger partial charge in [-0.2, -0.15) is 0 Å². The summed E-state index contributed by atoms with van der Waals surface area (Å²) in [5.41, 5.74) is -0.157. The monoisotopic (exact) mass is 614 g/mol. The van der Waals surface area contributed by atoms with Crippen LogP contribution >= 0.6 is 23.5 Å². The van der Waals surface area contributed by atoms with E-state index in [2.05, 4.69) is 65.7 Å². The van der Waals surface area contributed by atoms with Crippen molar-refractivity contribution in [3.63, 3.8) is 0 Å². The summed E-state index contributed by atoms with van der Waals surface area (Å²) in [5, 5.41) is 1.24. The third kappa shape index (κ3) is 8.70. The highest BCUT2D eigenvalue weighted by Gasteiger charge is 2.50. The fourth-order valence-electron chi connectivity index (χ4n) is 4.40. The summed E-state index contributed by atoms with van der Waals surface area (Å²) in [5.74, 6) is 1.58. The van der Waals surface area contributed by atoms with Gasteiger partial charge in [0.15, 0.2) is 14.6 Å². The largest absolute Gasteiger partial charge is 0.466 e. The van der Waals surface area contributed by atoms with E-state index < -0.39 is 28.1 Å². The van der Waals surface area contributed by atoms with Crippen molar-refractivity contribution in [2.75, 3.05) is 39.4 Å². The van der Waals surface area contributed by atoms with Crippen LogP contribution in [0.4, 0.5) is 0 Å². The van der Waals surface area contributed by atoms with Crippen molar-refractivity contribution in [3.8, 4) is 0 Å². The highest BCUT2D eigenvalue weighted by atomic mass is 32.2. The first-order chi connectivity index (χ1) is 18.1. The maximum absolute atomic E-state index is 12.9. The number of thioether (sulfide) groups is 2. The average Bonchev–Trinajstić information content (AvgIpc) is 2.91. The van der Waals surface area contributed by atoms with Gasteiger partial charge < -0.3 is 23.4 Å². The molecule has 1 aliphatic heterocycles. The third-order valence-corrected chi connectivity index (χ3v) is 19.7. The number of hydrogen-bond acceptors (Lipinski definition) is 8. The maximum Gasteiger partial charge on any atom is 0.335 e. The van der Waals surface area contributed by atoms with E-state index in [-0.39, 0.29) is 21.5 Å². The molecular formula is C29H50O6S2Si2. The Labute approximate surface area is 247 Å². The van der Waals surface area contributed by atoms with Gasteiger partial charge in [-0.1, -0.05) is 76.0 Å². The van der Waals surface area contributed by atoms with Crippen molar-refractivity contribution >= 4 is 51.1 Å². The van der Waals surface area contributed by atoms with Crippen LogP contribution in [0.3, 0.4) is 0 Å². The number of hydrogen-bond donors (Lipinski definition) is 0. The lowest BCUT2D eigenvalue weighted by Crippen LogP contribution is -2.59. The molecule has 2 atom stereocenters. The second kappa shape index (κ2) is 14.5. The van der Waals surface area contributed by atoms with E-state index in [1.165, 1.54) is 12.3 Å². The van der Waals surface area contributed by atoms with Crippen LogP contribution in [0.5, 0.6) is 0 Å². The van der Waals surface area contributed by atoms with Gasteiger partial charge in [-0.15, -0.1) is 23.5 Å². The second-order valence-corrected chi connectivity index (χ2v) is 24.6. The summed E-state index contributed by atoms with van der Waals surface area (Å²) in [7, 11) is 0.223. The number of ether oxygens (including phenoxy) is 4. The second-order valence-electron chi connectivity index (χ2n) is 12.1. The van der Waals surface area contributed by atoms with Crippen molar-refractivity contribution < 1.29 is 28.2 Å². The average molecular weight is 615 g/mol. The van der Waals surface area contributed by atoms with Crippen LogP contribution in [0.15, 0.2) is 42.5 Å². The van der Waals surface area contributed by atoms with Crippen molar-refractivity contribution in [1.82, 2.24) is 0 Å². The molecule has 0 spiro atoms. The first kappa shape index (κ1) is 34.6. The summed E-state index contributed by atoms with van der Waals surface area (Å²) >= 11 is 3.79. The summed E-state index contributed by atoms with van der Waals surface area (Å²) in [6, 6.07) is 10.3. The number of carbonyl (C=O) groups excluding carboxylic acids is 1. The standard InChI is InChI=1S/C29H50O6S2Si2/c1-22(26(30)33-7)27(38(8,9)23-16-13-12-14-17-23)35-24(21-34-39(10,11)28(2,3)4)29(20-25(31-5)32-6)36-18-15-19-37-29/h12-14,16-17,24-25,27H,1,15,18-21H2,2-11H3. The minimum Gasteiger partial charge on any atom is -0.466 e. The fourth-order valence-corrected chi connectivity index (χ4v) is 11.7. The molecule has 0 saturated carbocycles. The molecular weight excluding hydrogens is 565 g/mol. The van der Waals surface area contributed by atoms with Gasteiger partial charge in [0, 0.05) is 20.6 Å².